The Morgan fingerprint density at radius 3 is 2.47 bits per heavy atom. The summed E-state index contributed by atoms with van der Waals surface area (Å²) in [5.41, 5.74) is 2.94. The van der Waals surface area contributed by atoms with Crippen LogP contribution in [0.1, 0.15) is 12.5 Å². The molecule has 2 heterocycles. The van der Waals surface area contributed by atoms with Crippen LogP contribution in [-0.2, 0) is 11.3 Å². The molecule has 7 nitrogen and oxygen atoms in total. The van der Waals surface area contributed by atoms with Crippen LogP contribution in [-0.4, -0.2) is 40.0 Å². The maximum atomic E-state index is 12.8. The van der Waals surface area contributed by atoms with E-state index >= 15 is 0 Å². The summed E-state index contributed by atoms with van der Waals surface area (Å²) in [5, 5.41) is 12.0. The van der Waals surface area contributed by atoms with Crippen molar-refractivity contribution in [2.45, 2.75) is 23.9 Å². The highest BCUT2D eigenvalue weighted by Gasteiger charge is 2.22. The number of anilines is 2. The first-order valence-corrected chi connectivity index (χ1v) is 11.1. The van der Waals surface area contributed by atoms with Gasteiger partial charge in [0, 0.05) is 25.5 Å². The number of benzene rings is 2. The Balaban J connectivity index is 1.52. The molecule has 0 aliphatic carbocycles. The molecule has 4 aromatic rings. The summed E-state index contributed by atoms with van der Waals surface area (Å²) in [6.07, 6.45) is 1.61. The minimum atomic E-state index is -0.369. The van der Waals surface area contributed by atoms with Gasteiger partial charge in [0.25, 0.3) is 0 Å². The largest absolute Gasteiger partial charge is 0.461 e. The number of hydrogen-bond acceptors (Lipinski definition) is 6. The van der Waals surface area contributed by atoms with Crippen LogP contribution in [0.15, 0.2) is 82.6 Å². The molecule has 4 rings (SSSR count). The van der Waals surface area contributed by atoms with E-state index in [2.05, 4.69) is 15.5 Å². The van der Waals surface area contributed by atoms with Gasteiger partial charge in [-0.25, -0.2) is 0 Å². The number of hydrogen-bond donors (Lipinski definition) is 1. The van der Waals surface area contributed by atoms with E-state index in [0.717, 1.165) is 16.9 Å². The lowest BCUT2D eigenvalue weighted by molar-refractivity contribution is -0.115. The normalized spacial score (nSPS) is 11.8. The predicted octanol–water partition coefficient (Wildman–Crippen LogP) is 4.77. The Hall–Kier alpha value is -3.52. The van der Waals surface area contributed by atoms with Crippen molar-refractivity contribution in [3.05, 3.63) is 78.6 Å². The van der Waals surface area contributed by atoms with Crippen molar-refractivity contribution in [1.29, 1.82) is 0 Å². The molecule has 0 aliphatic heterocycles. The van der Waals surface area contributed by atoms with Crippen LogP contribution in [0.5, 0.6) is 0 Å². The molecule has 0 radical (unpaired) electrons. The highest BCUT2D eigenvalue weighted by atomic mass is 32.2. The van der Waals surface area contributed by atoms with Gasteiger partial charge in [0.2, 0.25) is 11.7 Å². The molecule has 0 bridgehead atoms. The molecule has 2 aromatic carbocycles. The minimum absolute atomic E-state index is 0.0959. The average Bonchev–Trinajstić information content (AvgIpc) is 3.45. The molecule has 1 amide bonds. The van der Waals surface area contributed by atoms with Crippen molar-refractivity contribution in [3.8, 4) is 11.6 Å². The summed E-state index contributed by atoms with van der Waals surface area (Å²) in [7, 11) is 3.96. The zero-order chi connectivity index (χ0) is 22.5. The summed E-state index contributed by atoms with van der Waals surface area (Å²) >= 11 is 1.37. The number of rotatable bonds is 8. The molecular weight excluding hydrogens is 422 g/mol. The van der Waals surface area contributed by atoms with Crippen LogP contribution in [0.2, 0.25) is 0 Å². The fraction of sp³-hybridized carbons (Fsp3) is 0.208. The fourth-order valence-corrected chi connectivity index (χ4v) is 4.02. The Labute approximate surface area is 191 Å². The third-order valence-corrected chi connectivity index (χ3v) is 6.03. The van der Waals surface area contributed by atoms with E-state index in [-0.39, 0.29) is 11.2 Å². The topological polar surface area (TPSA) is 76.2 Å². The van der Waals surface area contributed by atoms with Crippen molar-refractivity contribution in [2.24, 2.45) is 0 Å². The summed E-state index contributed by atoms with van der Waals surface area (Å²) in [6, 6.07) is 21.5. The molecule has 164 valence electrons. The Kier molecular flexibility index (Phi) is 6.61. The van der Waals surface area contributed by atoms with E-state index in [9.17, 15) is 4.79 Å². The first-order chi connectivity index (χ1) is 15.5. The number of carbonyl (C=O) groups is 1. The first kappa shape index (κ1) is 21.7. The summed E-state index contributed by atoms with van der Waals surface area (Å²) < 4.78 is 7.53. The van der Waals surface area contributed by atoms with Crippen molar-refractivity contribution in [1.82, 2.24) is 14.8 Å². The Morgan fingerprint density at radius 1 is 1.06 bits per heavy atom. The van der Waals surface area contributed by atoms with Gasteiger partial charge in [-0.2, -0.15) is 0 Å². The SMILES string of the molecule is CC(Sc1nnc(-c2ccco2)n1Cc1ccccc1)C(=O)Nc1ccc(N(C)C)cc1. The van der Waals surface area contributed by atoms with Gasteiger partial charge in [-0.1, -0.05) is 42.1 Å². The molecule has 32 heavy (non-hydrogen) atoms. The molecule has 0 saturated carbocycles. The smallest absolute Gasteiger partial charge is 0.237 e. The molecule has 1 atom stereocenters. The molecule has 2 aromatic heterocycles. The fourth-order valence-electron chi connectivity index (χ4n) is 3.17. The Bertz CT molecular complexity index is 1160. The van der Waals surface area contributed by atoms with E-state index in [1.165, 1.54) is 11.8 Å². The van der Waals surface area contributed by atoms with E-state index in [0.29, 0.717) is 23.3 Å². The van der Waals surface area contributed by atoms with E-state index in [4.69, 9.17) is 4.42 Å². The lowest BCUT2D eigenvalue weighted by Crippen LogP contribution is -2.23. The quantitative estimate of drug-likeness (QED) is 0.392. The molecule has 1 unspecified atom stereocenters. The van der Waals surface area contributed by atoms with E-state index < -0.39 is 0 Å². The predicted molar refractivity (Wildman–Crippen MR) is 128 cm³/mol. The molecule has 0 aliphatic rings. The van der Waals surface area contributed by atoms with Gasteiger partial charge in [0.05, 0.1) is 18.1 Å². The van der Waals surface area contributed by atoms with E-state index in [1.54, 1.807) is 6.26 Å². The summed E-state index contributed by atoms with van der Waals surface area (Å²) in [5.74, 6) is 1.17. The van der Waals surface area contributed by atoms with Crippen LogP contribution >= 0.6 is 11.8 Å². The van der Waals surface area contributed by atoms with Crippen LogP contribution in [0.4, 0.5) is 11.4 Å². The van der Waals surface area contributed by atoms with Crippen LogP contribution < -0.4 is 10.2 Å². The number of nitrogens with zero attached hydrogens (tertiary/aromatic N) is 4. The van der Waals surface area contributed by atoms with Crippen molar-refractivity contribution in [2.75, 3.05) is 24.3 Å². The van der Waals surface area contributed by atoms with Gasteiger partial charge in [-0.15, -0.1) is 10.2 Å². The maximum Gasteiger partial charge on any atom is 0.237 e. The van der Waals surface area contributed by atoms with Gasteiger partial charge in [-0.05, 0) is 48.9 Å². The molecule has 0 spiro atoms. The number of nitrogens with one attached hydrogen (secondary N) is 1. The number of thioether (sulfide) groups is 1. The number of carbonyl (C=O) groups excluding carboxylic acids is 1. The van der Waals surface area contributed by atoms with Gasteiger partial charge < -0.3 is 14.6 Å². The van der Waals surface area contributed by atoms with E-state index in [1.807, 2.05) is 97.2 Å². The molecule has 0 fully saturated rings. The highest BCUT2D eigenvalue weighted by Crippen LogP contribution is 2.28. The second kappa shape index (κ2) is 9.74. The lowest BCUT2D eigenvalue weighted by atomic mass is 10.2. The van der Waals surface area contributed by atoms with Crippen molar-refractivity contribution < 1.29 is 9.21 Å². The number of amides is 1. The standard InChI is InChI=1S/C24H25N5O2S/c1-17(23(30)25-19-11-13-20(14-12-19)28(2)3)32-24-27-26-22(21-10-7-15-31-21)29(24)16-18-8-5-4-6-9-18/h4-15,17H,16H2,1-3H3,(H,25,30). The van der Waals surface area contributed by atoms with Gasteiger partial charge in [-0.3, -0.25) is 9.36 Å². The maximum absolute atomic E-state index is 12.8. The van der Waals surface area contributed by atoms with Crippen molar-refractivity contribution in [3.63, 3.8) is 0 Å². The highest BCUT2D eigenvalue weighted by molar-refractivity contribution is 8.00. The molecular formula is C24H25N5O2S. The van der Waals surface area contributed by atoms with Crippen molar-refractivity contribution >= 4 is 29.0 Å². The summed E-state index contributed by atoms with van der Waals surface area (Å²) in [6.45, 7) is 2.44. The van der Waals surface area contributed by atoms with Crippen LogP contribution in [0.25, 0.3) is 11.6 Å². The van der Waals surface area contributed by atoms with Gasteiger partial charge >= 0.3 is 0 Å². The van der Waals surface area contributed by atoms with Crippen LogP contribution in [0.3, 0.4) is 0 Å². The second-order valence-electron chi connectivity index (χ2n) is 7.55. The minimum Gasteiger partial charge on any atom is -0.461 e. The lowest BCUT2D eigenvalue weighted by Gasteiger charge is -2.15. The first-order valence-electron chi connectivity index (χ1n) is 10.3. The summed E-state index contributed by atoms with van der Waals surface area (Å²) in [4.78, 5) is 14.8. The zero-order valence-corrected chi connectivity index (χ0v) is 19.0. The molecule has 0 saturated heterocycles. The number of aromatic nitrogens is 3. The molecule has 1 N–H and O–H groups in total. The third-order valence-electron chi connectivity index (χ3n) is 4.94. The number of furan rings is 1. The monoisotopic (exact) mass is 447 g/mol. The Morgan fingerprint density at radius 2 is 1.81 bits per heavy atom. The zero-order valence-electron chi connectivity index (χ0n) is 18.2. The molecule has 8 heteroatoms. The van der Waals surface area contributed by atoms with Gasteiger partial charge in [0.1, 0.15) is 0 Å². The van der Waals surface area contributed by atoms with Crippen LogP contribution in [0, 0.1) is 0 Å². The second-order valence-corrected chi connectivity index (χ2v) is 8.85. The van der Waals surface area contributed by atoms with Gasteiger partial charge in [0.15, 0.2) is 10.9 Å². The average molecular weight is 448 g/mol. The third kappa shape index (κ3) is 5.03.